The second kappa shape index (κ2) is 10.6. The molecule has 0 saturated heterocycles. The van der Waals surface area contributed by atoms with E-state index in [4.69, 9.17) is 9.47 Å². The van der Waals surface area contributed by atoms with Crippen molar-refractivity contribution in [1.29, 1.82) is 0 Å². The molecule has 8 nitrogen and oxygen atoms in total. The summed E-state index contributed by atoms with van der Waals surface area (Å²) in [5.41, 5.74) is 1.18. The minimum absolute atomic E-state index is 0.103. The zero-order valence-corrected chi connectivity index (χ0v) is 15.6. The molecule has 0 atom stereocenters. The molecule has 0 aromatic heterocycles. The zero-order chi connectivity index (χ0) is 20.4. The van der Waals surface area contributed by atoms with Crippen molar-refractivity contribution in [2.45, 2.75) is 6.61 Å². The fourth-order valence-electron chi connectivity index (χ4n) is 2.25. The van der Waals surface area contributed by atoms with Crippen LogP contribution in [-0.4, -0.2) is 45.4 Å². The zero-order valence-electron chi connectivity index (χ0n) is 15.6. The van der Waals surface area contributed by atoms with Crippen molar-refractivity contribution in [3.05, 3.63) is 65.2 Å². The van der Waals surface area contributed by atoms with Gasteiger partial charge in [-0.1, -0.05) is 30.3 Å². The third-order valence-corrected chi connectivity index (χ3v) is 3.60. The van der Waals surface area contributed by atoms with E-state index in [0.717, 1.165) is 5.56 Å². The first kappa shape index (κ1) is 20.8. The molecular formula is C20H21NO7. The first-order valence-electron chi connectivity index (χ1n) is 8.42. The highest BCUT2D eigenvalue weighted by Gasteiger charge is 2.14. The van der Waals surface area contributed by atoms with Crippen LogP contribution in [0.3, 0.4) is 0 Å². The molecule has 0 aliphatic rings. The van der Waals surface area contributed by atoms with Crippen molar-refractivity contribution in [1.82, 2.24) is 5.32 Å². The number of nitrogens with one attached hydrogen (secondary N) is 1. The Hall–Kier alpha value is -3.55. The highest BCUT2D eigenvalue weighted by atomic mass is 16.5. The maximum atomic E-state index is 11.7. The maximum Gasteiger partial charge on any atom is 0.407 e. The number of amides is 1. The van der Waals surface area contributed by atoms with Gasteiger partial charge < -0.3 is 24.3 Å². The molecule has 2 aromatic carbocycles. The van der Waals surface area contributed by atoms with Crippen molar-refractivity contribution in [2.75, 3.05) is 27.4 Å². The van der Waals surface area contributed by atoms with Gasteiger partial charge in [-0.3, -0.25) is 0 Å². The summed E-state index contributed by atoms with van der Waals surface area (Å²) in [6.07, 6.45) is -0.578. The molecule has 1 amide bonds. The third-order valence-electron chi connectivity index (χ3n) is 3.60. The van der Waals surface area contributed by atoms with Gasteiger partial charge in [0.2, 0.25) is 0 Å². The normalized spacial score (nSPS) is 9.93. The van der Waals surface area contributed by atoms with Gasteiger partial charge in [0.25, 0.3) is 0 Å². The Labute approximate surface area is 162 Å². The topological polar surface area (TPSA) is 100 Å². The second-order valence-electron chi connectivity index (χ2n) is 5.57. The molecule has 0 saturated carbocycles. The number of benzene rings is 2. The van der Waals surface area contributed by atoms with Gasteiger partial charge >= 0.3 is 18.0 Å². The average molecular weight is 387 g/mol. The number of rotatable bonds is 8. The fourth-order valence-corrected chi connectivity index (χ4v) is 2.25. The molecule has 148 valence electrons. The van der Waals surface area contributed by atoms with Crippen molar-refractivity contribution in [2.24, 2.45) is 0 Å². The van der Waals surface area contributed by atoms with Crippen molar-refractivity contribution in [3.8, 4) is 5.75 Å². The van der Waals surface area contributed by atoms with Crippen LogP contribution in [0.2, 0.25) is 0 Å². The van der Waals surface area contributed by atoms with E-state index in [1.165, 1.54) is 32.4 Å². The lowest BCUT2D eigenvalue weighted by Gasteiger charge is -2.11. The van der Waals surface area contributed by atoms with E-state index in [2.05, 4.69) is 14.8 Å². The predicted molar refractivity (Wildman–Crippen MR) is 99.2 cm³/mol. The monoisotopic (exact) mass is 387 g/mol. The lowest BCUT2D eigenvalue weighted by molar-refractivity contribution is 0.0598. The SMILES string of the molecule is COC(=O)c1cc(OCCNC(=O)OCc2ccccc2)cc(C(=O)OC)c1. The van der Waals surface area contributed by atoms with Crippen LogP contribution in [0.15, 0.2) is 48.5 Å². The van der Waals surface area contributed by atoms with E-state index in [9.17, 15) is 14.4 Å². The molecule has 0 spiro atoms. The maximum absolute atomic E-state index is 11.7. The first-order valence-corrected chi connectivity index (χ1v) is 8.42. The highest BCUT2D eigenvalue weighted by molar-refractivity contribution is 5.96. The fraction of sp³-hybridized carbons (Fsp3) is 0.250. The standard InChI is InChI=1S/C20H21NO7/c1-25-18(22)15-10-16(19(23)26-2)12-17(11-15)27-9-8-21-20(24)28-13-14-6-4-3-5-7-14/h3-7,10-12H,8-9,13H2,1-2H3,(H,21,24). The van der Waals surface area contributed by atoms with Gasteiger partial charge in [-0.05, 0) is 23.8 Å². The lowest BCUT2D eigenvalue weighted by Crippen LogP contribution is -2.28. The molecule has 0 bridgehead atoms. The molecule has 1 N–H and O–H groups in total. The van der Waals surface area contributed by atoms with Gasteiger partial charge in [-0.25, -0.2) is 14.4 Å². The van der Waals surface area contributed by atoms with Gasteiger partial charge in [0, 0.05) is 0 Å². The van der Waals surface area contributed by atoms with Crippen LogP contribution < -0.4 is 10.1 Å². The third kappa shape index (κ3) is 6.31. The van der Waals surface area contributed by atoms with Gasteiger partial charge in [0.15, 0.2) is 0 Å². The summed E-state index contributed by atoms with van der Waals surface area (Å²) in [6.45, 7) is 0.437. The van der Waals surface area contributed by atoms with Crippen LogP contribution in [0, 0.1) is 0 Å². The number of carbonyl (C=O) groups is 3. The van der Waals surface area contributed by atoms with E-state index in [-0.39, 0.29) is 36.6 Å². The van der Waals surface area contributed by atoms with Gasteiger partial charge in [-0.2, -0.15) is 0 Å². The largest absolute Gasteiger partial charge is 0.492 e. The summed E-state index contributed by atoms with van der Waals surface area (Å²) < 4.78 is 19.9. The summed E-state index contributed by atoms with van der Waals surface area (Å²) in [7, 11) is 2.47. The Morgan fingerprint density at radius 1 is 0.893 bits per heavy atom. The molecule has 0 radical (unpaired) electrons. The summed E-state index contributed by atoms with van der Waals surface area (Å²) in [4.78, 5) is 35.1. The van der Waals surface area contributed by atoms with E-state index >= 15 is 0 Å². The van der Waals surface area contributed by atoms with Crippen LogP contribution in [0.25, 0.3) is 0 Å². The van der Waals surface area contributed by atoms with Crippen LogP contribution in [0.4, 0.5) is 4.79 Å². The molecule has 0 unspecified atom stereocenters. The Morgan fingerprint density at radius 2 is 1.50 bits per heavy atom. The first-order chi connectivity index (χ1) is 13.5. The summed E-state index contributed by atoms with van der Waals surface area (Å²) >= 11 is 0. The summed E-state index contributed by atoms with van der Waals surface area (Å²) in [5.74, 6) is -0.959. The molecule has 0 fully saturated rings. The quantitative estimate of drug-likeness (QED) is 0.422. The van der Waals surface area contributed by atoms with Gasteiger partial charge in [0.1, 0.15) is 19.0 Å². The molecule has 0 heterocycles. The van der Waals surface area contributed by atoms with E-state index in [1.54, 1.807) is 0 Å². The number of methoxy groups -OCH3 is 2. The molecule has 0 aliphatic carbocycles. The Balaban J connectivity index is 1.85. The molecular weight excluding hydrogens is 366 g/mol. The van der Waals surface area contributed by atoms with Crippen LogP contribution in [0.5, 0.6) is 5.75 Å². The number of ether oxygens (including phenoxy) is 4. The molecule has 28 heavy (non-hydrogen) atoms. The van der Waals surface area contributed by atoms with Crippen LogP contribution >= 0.6 is 0 Å². The molecule has 2 rings (SSSR count). The van der Waals surface area contributed by atoms with Crippen LogP contribution in [0.1, 0.15) is 26.3 Å². The Bertz CT molecular complexity index is 786. The van der Waals surface area contributed by atoms with E-state index in [0.29, 0.717) is 0 Å². The van der Waals surface area contributed by atoms with E-state index < -0.39 is 18.0 Å². The Morgan fingerprint density at radius 3 is 2.07 bits per heavy atom. The number of carbonyl (C=O) groups excluding carboxylic acids is 3. The minimum atomic E-state index is -0.613. The molecule has 0 aliphatic heterocycles. The number of hydrogen-bond donors (Lipinski definition) is 1. The smallest absolute Gasteiger partial charge is 0.407 e. The molecule has 8 heteroatoms. The number of alkyl carbamates (subject to hydrolysis) is 1. The number of esters is 2. The summed E-state index contributed by atoms with van der Waals surface area (Å²) in [5, 5.41) is 2.55. The van der Waals surface area contributed by atoms with Gasteiger partial charge in [-0.15, -0.1) is 0 Å². The average Bonchev–Trinajstić information content (AvgIpc) is 2.74. The predicted octanol–water partition coefficient (Wildman–Crippen LogP) is 2.57. The number of hydrogen-bond acceptors (Lipinski definition) is 7. The van der Waals surface area contributed by atoms with Gasteiger partial charge in [0.05, 0.1) is 31.9 Å². The minimum Gasteiger partial charge on any atom is -0.492 e. The van der Waals surface area contributed by atoms with E-state index in [1.807, 2.05) is 30.3 Å². The van der Waals surface area contributed by atoms with Crippen molar-refractivity contribution in [3.63, 3.8) is 0 Å². The highest BCUT2D eigenvalue weighted by Crippen LogP contribution is 2.19. The lowest BCUT2D eigenvalue weighted by atomic mass is 10.1. The second-order valence-corrected chi connectivity index (χ2v) is 5.57. The summed E-state index contributed by atoms with van der Waals surface area (Å²) in [6, 6.07) is 13.5. The molecule has 2 aromatic rings. The van der Waals surface area contributed by atoms with Crippen molar-refractivity contribution < 1.29 is 33.3 Å². The van der Waals surface area contributed by atoms with Crippen molar-refractivity contribution >= 4 is 18.0 Å². The Kier molecular flexibility index (Phi) is 7.83. The van der Waals surface area contributed by atoms with Crippen LogP contribution in [-0.2, 0) is 20.8 Å².